The first-order chi connectivity index (χ1) is 15.5. The number of pyridine rings is 1. The van der Waals surface area contributed by atoms with Crippen molar-refractivity contribution in [2.24, 2.45) is 0 Å². The van der Waals surface area contributed by atoms with Crippen molar-refractivity contribution in [2.45, 2.75) is 51.6 Å². The van der Waals surface area contributed by atoms with Crippen molar-refractivity contribution < 1.29 is 27.4 Å². The van der Waals surface area contributed by atoms with Gasteiger partial charge in [-0.15, -0.1) is 0 Å². The summed E-state index contributed by atoms with van der Waals surface area (Å²) in [5.74, 6) is 1.23. The van der Waals surface area contributed by atoms with Gasteiger partial charge in [0.15, 0.2) is 0 Å². The van der Waals surface area contributed by atoms with Gasteiger partial charge < -0.3 is 24.0 Å². The van der Waals surface area contributed by atoms with Crippen LogP contribution in [0.2, 0.25) is 0 Å². The number of ether oxygens (including phenoxy) is 3. The Morgan fingerprint density at radius 3 is 2.55 bits per heavy atom. The topological polar surface area (TPSA) is 50.3 Å². The Bertz CT molecular complexity index is 778. The second-order valence-electron chi connectivity index (χ2n) is 9.32. The van der Waals surface area contributed by atoms with Crippen LogP contribution in [0.4, 0.5) is 24.7 Å². The molecular weight excluding hydrogens is 457 g/mol. The Morgan fingerprint density at radius 1 is 1.15 bits per heavy atom. The molecule has 2 aliphatic heterocycles. The minimum absolute atomic E-state index is 0.101. The summed E-state index contributed by atoms with van der Waals surface area (Å²) in [5, 5.41) is 0. The molecule has 188 valence electrons. The van der Waals surface area contributed by atoms with Crippen LogP contribution >= 0.6 is 11.9 Å². The lowest BCUT2D eigenvalue weighted by molar-refractivity contribution is -0.153. The molecule has 2 unspecified atom stereocenters. The van der Waals surface area contributed by atoms with E-state index in [-0.39, 0.29) is 24.9 Å². The van der Waals surface area contributed by atoms with E-state index in [1.54, 1.807) is 17.5 Å². The summed E-state index contributed by atoms with van der Waals surface area (Å²) in [6.07, 6.45) is -4.39. The standard InChI is InChI=1S/C22H35F3N4O3S/c1-16-15-31-9-8-28(16)17-12-19(26-20(13-17)32-21(2,3)4)29-7-6-27(33-11-10-30-5)14-18(29)22(23,24)25/h12-13,16,18H,6-11,14-15H2,1-5H3. The molecule has 11 heteroatoms. The van der Waals surface area contributed by atoms with E-state index in [2.05, 4.69) is 9.88 Å². The fourth-order valence-electron chi connectivity index (χ4n) is 3.95. The highest BCUT2D eigenvalue weighted by Crippen LogP contribution is 2.36. The van der Waals surface area contributed by atoms with Crippen molar-refractivity contribution in [3.8, 4) is 5.88 Å². The summed E-state index contributed by atoms with van der Waals surface area (Å²) >= 11 is 1.39. The van der Waals surface area contributed by atoms with Gasteiger partial charge in [0, 0.05) is 62.9 Å². The van der Waals surface area contributed by atoms with Gasteiger partial charge in [-0.3, -0.25) is 0 Å². The van der Waals surface area contributed by atoms with Crippen LogP contribution in [0.5, 0.6) is 5.88 Å². The van der Waals surface area contributed by atoms with Crippen molar-refractivity contribution in [2.75, 3.05) is 68.7 Å². The van der Waals surface area contributed by atoms with Gasteiger partial charge in [-0.05, 0) is 27.7 Å². The molecule has 0 saturated carbocycles. The molecule has 0 aromatic carbocycles. The number of hydrogen-bond donors (Lipinski definition) is 0. The van der Waals surface area contributed by atoms with Crippen LogP contribution in [0.3, 0.4) is 0 Å². The monoisotopic (exact) mass is 492 g/mol. The van der Waals surface area contributed by atoms with Crippen molar-refractivity contribution in [1.82, 2.24) is 9.29 Å². The van der Waals surface area contributed by atoms with Crippen molar-refractivity contribution in [3.63, 3.8) is 0 Å². The Balaban J connectivity index is 1.92. The van der Waals surface area contributed by atoms with Crippen molar-refractivity contribution in [1.29, 1.82) is 0 Å². The molecule has 0 spiro atoms. The van der Waals surface area contributed by atoms with Gasteiger partial charge >= 0.3 is 6.18 Å². The summed E-state index contributed by atoms with van der Waals surface area (Å²) in [7, 11) is 1.59. The molecule has 0 N–H and O–H groups in total. The Labute approximate surface area is 198 Å². The van der Waals surface area contributed by atoms with E-state index in [0.717, 1.165) is 5.69 Å². The number of methoxy groups -OCH3 is 1. The van der Waals surface area contributed by atoms with Crippen LogP contribution in [0.25, 0.3) is 0 Å². The summed E-state index contributed by atoms with van der Waals surface area (Å²) in [4.78, 5) is 8.04. The third-order valence-corrected chi connectivity index (χ3v) is 6.51. The van der Waals surface area contributed by atoms with E-state index in [1.807, 2.05) is 33.8 Å². The average Bonchev–Trinajstić information content (AvgIpc) is 2.72. The van der Waals surface area contributed by atoms with Crippen molar-refractivity contribution >= 4 is 23.5 Å². The smallest absolute Gasteiger partial charge is 0.410 e. The maximum atomic E-state index is 14.1. The molecular formula is C22H35F3N4O3S. The number of piperazine rings is 1. The lowest BCUT2D eigenvalue weighted by Gasteiger charge is -2.43. The lowest BCUT2D eigenvalue weighted by atomic mass is 10.1. The molecule has 3 rings (SSSR count). The average molecular weight is 493 g/mol. The number of rotatable bonds is 7. The van der Waals surface area contributed by atoms with Gasteiger partial charge in [-0.2, -0.15) is 18.2 Å². The van der Waals surface area contributed by atoms with Gasteiger partial charge in [-0.25, -0.2) is 4.31 Å². The van der Waals surface area contributed by atoms with Crippen LogP contribution in [-0.2, 0) is 9.47 Å². The summed E-state index contributed by atoms with van der Waals surface area (Å²) in [6, 6.07) is 2.01. The van der Waals surface area contributed by atoms with Crippen LogP contribution < -0.4 is 14.5 Å². The molecule has 1 aromatic heterocycles. The maximum absolute atomic E-state index is 14.1. The highest BCUT2D eigenvalue weighted by molar-refractivity contribution is 7.97. The Hall–Kier alpha value is -1.43. The number of halogens is 3. The molecule has 33 heavy (non-hydrogen) atoms. The van der Waals surface area contributed by atoms with E-state index < -0.39 is 17.8 Å². The van der Waals surface area contributed by atoms with E-state index in [1.165, 1.54) is 16.8 Å². The SMILES string of the molecule is COCCSN1CCN(c2cc(N3CCOCC3C)cc(OC(C)(C)C)n2)C(C(F)(F)F)C1. The number of nitrogens with zero attached hydrogens (tertiary/aromatic N) is 4. The third kappa shape index (κ3) is 7.27. The first-order valence-electron chi connectivity index (χ1n) is 11.2. The summed E-state index contributed by atoms with van der Waals surface area (Å²) in [5.41, 5.74) is 0.271. The second kappa shape index (κ2) is 10.9. The third-order valence-electron chi connectivity index (χ3n) is 5.46. The maximum Gasteiger partial charge on any atom is 0.410 e. The van der Waals surface area contributed by atoms with E-state index >= 15 is 0 Å². The summed E-state index contributed by atoms with van der Waals surface area (Å²) < 4.78 is 60.8. The number of alkyl halides is 3. The normalized spacial score (nSPS) is 23.2. The van der Waals surface area contributed by atoms with E-state index in [0.29, 0.717) is 44.5 Å². The lowest BCUT2D eigenvalue weighted by Crippen LogP contribution is -2.58. The molecule has 0 bridgehead atoms. The predicted octanol–water partition coefficient (Wildman–Crippen LogP) is 3.83. The van der Waals surface area contributed by atoms with Gasteiger partial charge in [0.25, 0.3) is 0 Å². The summed E-state index contributed by atoms with van der Waals surface area (Å²) in [6.45, 7) is 10.6. The number of aromatic nitrogens is 1. The number of hydrogen-bond acceptors (Lipinski definition) is 8. The minimum atomic E-state index is -4.39. The largest absolute Gasteiger partial charge is 0.472 e. The van der Waals surface area contributed by atoms with Gasteiger partial charge in [-0.1, -0.05) is 11.9 Å². The zero-order valence-electron chi connectivity index (χ0n) is 20.0. The van der Waals surface area contributed by atoms with E-state index in [4.69, 9.17) is 14.2 Å². The first-order valence-corrected chi connectivity index (χ1v) is 12.2. The molecule has 0 radical (unpaired) electrons. The van der Waals surface area contributed by atoms with Crippen LogP contribution in [-0.4, -0.2) is 92.0 Å². The second-order valence-corrected chi connectivity index (χ2v) is 10.5. The molecule has 2 aliphatic rings. The molecule has 0 aliphatic carbocycles. The Morgan fingerprint density at radius 2 is 1.91 bits per heavy atom. The fraction of sp³-hybridized carbons (Fsp3) is 0.773. The first kappa shape index (κ1) is 26.2. The molecule has 3 heterocycles. The highest BCUT2D eigenvalue weighted by atomic mass is 32.2. The van der Waals surface area contributed by atoms with Crippen LogP contribution in [0.1, 0.15) is 27.7 Å². The fourth-order valence-corrected chi connectivity index (χ4v) is 4.90. The molecule has 0 amide bonds. The van der Waals surface area contributed by atoms with E-state index in [9.17, 15) is 13.2 Å². The van der Waals surface area contributed by atoms with Crippen LogP contribution in [0, 0.1) is 0 Å². The van der Waals surface area contributed by atoms with Gasteiger partial charge in [0.1, 0.15) is 17.5 Å². The van der Waals surface area contributed by atoms with Crippen LogP contribution in [0.15, 0.2) is 12.1 Å². The highest BCUT2D eigenvalue weighted by Gasteiger charge is 2.47. The molecule has 2 saturated heterocycles. The molecule has 2 atom stereocenters. The predicted molar refractivity (Wildman–Crippen MR) is 125 cm³/mol. The number of anilines is 2. The zero-order valence-corrected chi connectivity index (χ0v) is 20.8. The van der Waals surface area contributed by atoms with Gasteiger partial charge in [0.2, 0.25) is 5.88 Å². The van der Waals surface area contributed by atoms with Gasteiger partial charge in [0.05, 0.1) is 19.8 Å². The minimum Gasteiger partial charge on any atom is -0.472 e. The molecule has 1 aromatic rings. The molecule has 7 nitrogen and oxygen atoms in total. The Kier molecular flexibility index (Phi) is 8.63. The van der Waals surface area contributed by atoms with Crippen molar-refractivity contribution in [3.05, 3.63) is 12.1 Å². The number of morpholine rings is 1. The zero-order chi connectivity index (χ0) is 24.2. The quantitative estimate of drug-likeness (QED) is 0.421. The molecule has 2 fully saturated rings.